The van der Waals surface area contributed by atoms with Crippen LogP contribution in [0.4, 0.5) is 0 Å². The molecule has 20 heavy (non-hydrogen) atoms. The molecule has 1 aromatic rings. The Morgan fingerprint density at radius 2 is 2.00 bits per heavy atom. The summed E-state index contributed by atoms with van der Waals surface area (Å²) in [5.74, 6) is 1.38. The predicted molar refractivity (Wildman–Crippen MR) is 82.7 cm³/mol. The van der Waals surface area contributed by atoms with Crippen LogP contribution < -0.4 is 0 Å². The van der Waals surface area contributed by atoms with Crippen LogP contribution in [0.25, 0.3) is 0 Å². The maximum Gasteiger partial charge on any atom is 0.131 e. The number of benzene rings is 1. The van der Waals surface area contributed by atoms with Gasteiger partial charge in [-0.1, -0.05) is 50.5 Å². The number of rotatable bonds is 6. The fourth-order valence-corrected chi connectivity index (χ4v) is 3.07. The molecule has 0 spiro atoms. The van der Waals surface area contributed by atoms with Gasteiger partial charge in [0.25, 0.3) is 0 Å². The minimum atomic E-state index is 0.569. The molecule has 0 aromatic heterocycles. The first-order valence-corrected chi connectivity index (χ1v) is 7.89. The topological polar surface area (TPSA) is 29.5 Å². The van der Waals surface area contributed by atoms with Crippen molar-refractivity contribution in [3.05, 3.63) is 47.4 Å². The van der Waals surface area contributed by atoms with Gasteiger partial charge < -0.3 is 9.84 Å². The van der Waals surface area contributed by atoms with E-state index in [1.807, 2.05) is 0 Å². The Kier molecular flexibility index (Phi) is 5.97. The van der Waals surface area contributed by atoms with Crippen molar-refractivity contribution in [3.8, 4) is 0 Å². The first kappa shape index (κ1) is 15.0. The van der Waals surface area contributed by atoms with Gasteiger partial charge in [0.1, 0.15) is 18.6 Å². The zero-order chi connectivity index (χ0) is 14.2. The van der Waals surface area contributed by atoms with E-state index in [1.165, 1.54) is 43.2 Å². The molecule has 0 amide bonds. The summed E-state index contributed by atoms with van der Waals surface area (Å²) in [7, 11) is 0. The third kappa shape index (κ3) is 4.03. The molecular formula is C18H26O2. The average molecular weight is 274 g/mol. The summed E-state index contributed by atoms with van der Waals surface area (Å²) in [5, 5.41) is 9.17. The van der Waals surface area contributed by atoms with Crippen LogP contribution in [0.15, 0.2) is 36.3 Å². The standard InChI is InChI=1S/C18H26O2/c1-2-8-17(13-19)20-14-16-11-6-7-12-18(16)15-9-4-3-5-10-15/h6-7,11-13,15,19H,2-5,8-10,14H2,1H3/b17-13-. The van der Waals surface area contributed by atoms with E-state index >= 15 is 0 Å². The second-order valence-corrected chi connectivity index (χ2v) is 5.67. The summed E-state index contributed by atoms with van der Waals surface area (Å²) >= 11 is 0. The van der Waals surface area contributed by atoms with Crippen LogP contribution in [0.2, 0.25) is 0 Å². The predicted octanol–water partition coefficient (Wildman–Crippen LogP) is 5.45. The van der Waals surface area contributed by atoms with Gasteiger partial charge in [0.2, 0.25) is 0 Å². The summed E-state index contributed by atoms with van der Waals surface area (Å²) in [6.07, 6.45) is 9.55. The van der Waals surface area contributed by atoms with Crippen LogP contribution in [0, 0.1) is 0 Å². The van der Waals surface area contributed by atoms with Crippen LogP contribution in [0.5, 0.6) is 0 Å². The van der Waals surface area contributed by atoms with E-state index < -0.39 is 0 Å². The first-order chi connectivity index (χ1) is 9.85. The summed E-state index contributed by atoms with van der Waals surface area (Å²) in [6.45, 7) is 2.65. The summed E-state index contributed by atoms with van der Waals surface area (Å²) in [6, 6.07) is 8.61. The Hall–Kier alpha value is -1.44. The third-order valence-corrected chi connectivity index (χ3v) is 4.15. The molecule has 1 saturated carbocycles. The van der Waals surface area contributed by atoms with E-state index in [9.17, 15) is 0 Å². The van der Waals surface area contributed by atoms with Gasteiger partial charge in [-0.2, -0.15) is 0 Å². The molecule has 1 aromatic carbocycles. The van der Waals surface area contributed by atoms with E-state index in [1.54, 1.807) is 0 Å². The van der Waals surface area contributed by atoms with Crippen molar-refractivity contribution in [3.63, 3.8) is 0 Å². The van der Waals surface area contributed by atoms with Gasteiger partial charge in [0.15, 0.2) is 0 Å². The quantitative estimate of drug-likeness (QED) is 0.699. The Morgan fingerprint density at radius 3 is 2.70 bits per heavy atom. The van der Waals surface area contributed by atoms with Gasteiger partial charge in [-0.15, -0.1) is 0 Å². The number of allylic oxidation sites excluding steroid dienone is 1. The van der Waals surface area contributed by atoms with Crippen LogP contribution in [0.3, 0.4) is 0 Å². The second-order valence-electron chi connectivity index (χ2n) is 5.67. The van der Waals surface area contributed by atoms with Crippen molar-refractivity contribution >= 4 is 0 Å². The van der Waals surface area contributed by atoms with Crippen LogP contribution in [0.1, 0.15) is 68.9 Å². The Bertz CT molecular complexity index is 431. The van der Waals surface area contributed by atoms with Crippen LogP contribution in [-0.4, -0.2) is 5.11 Å². The Morgan fingerprint density at radius 1 is 1.25 bits per heavy atom. The van der Waals surface area contributed by atoms with Crippen LogP contribution in [-0.2, 0) is 11.3 Å². The van der Waals surface area contributed by atoms with Crippen LogP contribution >= 0.6 is 0 Å². The molecule has 0 aliphatic heterocycles. The minimum Gasteiger partial charge on any atom is -0.512 e. The van der Waals surface area contributed by atoms with E-state index in [2.05, 4.69) is 31.2 Å². The lowest BCUT2D eigenvalue weighted by Gasteiger charge is -2.24. The molecule has 0 heterocycles. The third-order valence-electron chi connectivity index (χ3n) is 4.15. The van der Waals surface area contributed by atoms with E-state index in [4.69, 9.17) is 9.84 Å². The molecule has 0 saturated heterocycles. The average Bonchev–Trinajstić information content (AvgIpc) is 2.52. The van der Waals surface area contributed by atoms with Crippen molar-refractivity contribution in [1.29, 1.82) is 0 Å². The maximum atomic E-state index is 9.17. The smallest absolute Gasteiger partial charge is 0.131 e. The Labute approximate surface area is 122 Å². The molecule has 2 nitrogen and oxygen atoms in total. The zero-order valence-electron chi connectivity index (χ0n) is 12.5. The molecule has 0 bridgehead atoms. The lowest BCUT2D eigenvalue weighted by atomic mass is 9.82. The molecule has 1 aliphatic carbocycles. The van der Waals surface area contributed by atoms with Gasteiger partial charge in [-0.05, 0) is 36.3 Å². The molecule has 2 rings (SSSR count). The van der Waals surface area contributed by atoms with Crippen molar-refractivity contribution < 1.29 is 9.84 Å². The number of aliphatic hydroxyl groups is 1. The van der Waals surface area contributed by atoms with Crippen molar-refractivity contribution in [1.82, 2.24) is 0 Å². The zero-order valence-corrected chi connectivity index (χ0v) is 12.5. The molecule has 1 fully saturated rings. The highest BCUT2D eigenvalue weighted by atomic mass is 16.5. The largest absolute Gasteiger partial charge is 0.512 e. The lowest BCUT2D eigenvalue weighted by Crippen LogP contribution is -2.08. The number of ether oxygens (including phenoxy) is 1. The first-order valence-electron chi connectivity index (χ1n) is 7.89. The van der Waals surface area contributed by atoms with Crippen molar-refractivity contribution in [2.45, 2.75) is 64.4 Å². The van der Waals surface area contributed by atoms with Gasteiger partial charge in [0.05, 0.1) is 0 Å². The fourth-order valence-electron chi connectivity index (χ4n) is 3.07. The molecule has 2 heteroatoms. The molecule has 0 unspecified atom stereocenters. The number of hydrogen-bond acceptors (Lipinski definition) is 2. The van der Waals surface area contributed by atoms with E-state index in [0.717, 1.165) is 19.1 Å². The highest BCUT2D eigenvalue weighted by Gasteiger charge is 2.18. The monoisotopic (exact) mass is 274 g/mol. The summed E-state index contributed by atoms with van der Waals surface area (Å²) in [5.41, 5.74) is 2.72. The highest BCUT2D eigenvalue weighted by Crippen LogP contribution is 2.34. The van der Waals surface area contributed by atoms with Gasteiger partial charge in [-0.3, -0.25) is 0 Å². The van der Waals surface area contributed by atoms with Gasteiger partial charge in [0, 0.05) is 6.42 Å². The number of hydrogen-bond donors (Lipinski definition) is 1. The van der Waals surface area contributed by atoms with E-state index in [-0.39, 0.29) is 0 Å². The Balaban J connectivity index is 2.03. The molecular weight excluding hydrogens is 248 g/mol. The highest BCUT2D eigenvalue weighted by molar-refractivity contribution is 5.30. The van der Waals surface area contributed by atoms with E-state index in [0.29, 0.717) is 18.3 Å². The SMILES string of the molecule is CCC/C(=C/O)OCc1ccccc1C1CCCCC1. The molecule has 1 aliphatic rings. The molecule has 1 N–H and O–H groups in total. The van der Waals surface area contributed by atoms with Crippen molar-refractivity contribution in [2.24, 2.45) is 0 Å². The minimum absolute atomic E-state index is 0.569. The molecule has 110 valence electrons. The maximum absolute atomic E-state index is 9.17. The normalized spacial score (nSPS) is 17.1. The fraction of sp³-hybridized carbons (Fsp3) is 0.556. The molecule has 0 radical (unpaired) electrons. The van der Waals surface area contributed by atoms with Gasteiger partial charge >= 0.3 is 0 Å². The molecule has 0 atom stereocenters. The lowest BCUT2D eigenvalue weighted by molar-refractivity contribution is 0.175. The number of aliphatic hydroxyl groups excluding tert-OH is 1. The van der Waals surface area contributed by atoms with Gasteiger partial charge in [-0.25, -0.2) is 0 Å². The van der Waals surface area contributed by atoms with Crippen molar-refractivity contribution in [2.75, 3.05) is 0 Å². The summed E-state index contributed by atoms with van der Waals surface area (Å²) in [4.78, 5) is 0. The second kappa shape index (κ2) is 7.98. The summed E-state index contributed by atoms with van der Waals surface area (Å²) < 4.78 is 5.76.